The smallest absolute Gasteiger partial charge is 0.273 e. The van der Waals surface area contributed by atoms with Gasteiger partial charge in [0.25, 0.3) is 5.91 Å². The lowest BCUT2D eigenvalue weighted by atomic mass is 9.84. The van der Waals surface area contributed by atoms with E-state index in [1.165, 1.54) is 7.05 Å². The Balaban J connectivity index is 1.96. The Kier molecular flexibility index (Phi) is 7.91. The van der Waals surface area contributed by atoms with Crippen LogP contribution in [0.3, 0.4) is 0 Å². The maximum absolute atomic E-state index is 13.5. The van der Waals surface area contributed by atoms with E-state index in [9.17, 15) is 9.59 Å². The second-order valence-corrected chi connectivity index (χ2v) is 9.82. The van der Waals surface area contributed by atoms with E-state index in [4.69, 9.17) is 14.9 Å². The van der Waals surface area contributed by atoms with E-state index in [0.717, 1.165) is 29.1 Å². The number of Topliss-reactive ketones (excluding diaryl/α,β-unsaturated/α-hetero) is 1. The Morgan fingerprint density at radius 2 is 1.92 bits per heavy atom. The molecule has 2 aromatic rings. The van der Waals surface area contributed by atoms with Crippen LogP contribution in [0.5, 0.6) is 11.5 Å². The van der Waals surface area contributed by atoms with Crippen molar-refractivity contribution in [1.29, 1.82) is 5.41 Å². The number of nitrogens with one attached hydrogen (secondary N) is 2. The van der Waals surface area contributed by atoms with Gasteiger partial charge in [0.05, 0.1) is 25.9 Å². The Morgan fingerprint density at radius 1 is 1.22 bits per heavy atom. The second kappa shape index (κ2) is 10.6. The molecule has 36 heavy (non-hydrogen) atoms. The first-order valence-electron chi connectivity index (χ1n) is 12.2. The monoisotopic (exact) mass is 495 g/mol. The molecule has 0 aliphatic carbocycles. The van der Waals surface area contributed by atoms with Crippen molar-refractivity contribution in [2.45, 2.75) is 46.6 Å². The molecule has 0 fully saturated rings. The lowest BCUT2D eigenvalue weighted by Gasteiger charge is -2.28. The van der Waals surface area contributed by atoms with Crippen LogP contribution >= 0.6 is 0 Å². The Morgan fingerprint density at radius 3 is 2.47 bits per heavy atom. The number of ether oxygens (including phenoxy) is 2. The Hall–Kier alpha value is -3.62. The number of amidine groups is 1. The van der Waals surface area contributed by atoms with Crippen molar-refractivity contribution in [2.24, 2.45) is 0 Å². The number of pyridine rings is 1. The van der Waals surface area contributed by atoms with Gasteiger partial charge in [0.2, 0.25) is 0 Å². The molecular formula is C27H37N5O4. The third-order valence-electron chi connectivity index (χ3n) is 6.33. The van der Waals surface area contributed by atoms with Gasteiger partial charge in [-0.3, -0.25) is 15.0 Å². The molecule has 9 nitrogen and oxygen atoms in total. The molecule has 194 valence electrons. The molecule has 9 heteroatoms. The van der Waals surface area contributed by atoms with Crippen LogP contribution in [0.4, 0.5) is 5.69 Å². The molecule has 1 aromatic heterocycles. The third-order valence-corrected chi connectivity index (χ3v) is 6.33. The van der Waals surface area contributed by atoms with Gasteiger partial charge in [-0.05, 0) is 37.5 Å². The first-order chi connectivity index (χ1) is 17.0. The first kappa shape index (κ1) is 27.0. The van der Waals surface area contributed by atoms with E-state index in [1.807, 2.05) is 33.0 Å². The predicted octanol–water partition coefficient (Wildman–Crippen LogP) is 3.63. The molecule has 0 unspecified atom stereocenters. The number of nitrogens with zero attached hydrogens (tertiary/aromatic N) is 3. The maximum atomic E-state index is 13.5. The van der Waals surface area contributed by atoms with Crippen molar-refractivity contribution >= 4 is 23.2 Å². The van der Waals surface area contributed by atoms with E-state index in [-0.39, 0.29) is 35.2 Å². The summed E-state index contributed by atoms with van der Waals surface area (Å²) < 4.78 is 11.4. The highest BCUT2D eigenvalue weighted by Gasteiger charge is 2.32. The van der Waals surface area contributed by atoms with E-state index in [2.05, 4.69) is 36.0 Å². The summed E-state index contributed by atoms with van der Waals surface area (Å²) in [5, 5.41) is 11.2. The summed E-state index contributed by atoms with van der Waals surface area (Å²) in [6.45, 7) is 11.6. The molecule has 2 heterocycles. The molecule has 0 bridgehead atoms. The van der Waals surface area contributed by atoms with Gasteiger partial charge in [0.1, 0.15) is 17.3 Å². The molecule has 1 aliphatic heterocycles. The fourth-order valence-corrected chi connectivity index (χ4v) is 4.24. The molecule has 2 N–H and O–H groups in total. The van der Waals surface area contributed by atoms with Gasteiger partial charge in [-0.1, -0.05) is 20.8 Å². The number of amides is 1. The number of methoxy groups -OCH3 is 1. The molecular weight excluding hydrogens is 458 g/mol. The van der Waals surface area contributed by atoms with Crippen LogP contribution in [-0.4, -0.2) is 68.3 Å². The molecule has 1 amide bonds. The van der Waals surface area contributed by atoms with Crippen molar-refractivity contribution in [3.8, 4) is 11.5 Å². The number of aromatic nitrogens is 1. The van der Waals surface area contributed by atoms with Gasteiger partial charge in [-0.25, -0.2) is 4.98 Å². The van der Waals surface area contributed by atoms with Crippen LogP contribution < -0.4 is 19.7 Å². The third kappa shape index (κ3) is 5.15. The fourth-order valence-electron chi connectivity index (χ4n) is 4.24. The molecule has 0 saturated carbocycles. The van der Waals surface area contributed by atoms with E-state index >= 15 is 0 Å². The highest BCUT2D eigenvalue weighted by atomic mass is 16.5. The molecule has 0 spiro atoms. The molecule has 0 atom stereocenters. The van der Waals surface area contributed by atoms with Crippen molar-refractivity contribution in [3.05, 3.63) is 46.3 Å². The van der Waals surface area contributed by atoms with Crippen LogP contribution in [0.25, 0.3) is 0 Å². The summed E-state index contributed by atoms with van der Waals surface area (Å²) >= 11 is 0. The SMILES string of the molecule is CCOc1cc2c(nc1C(=O)NC)C(=N)N(CC(=O)c1cc(N(C)CC)c(OC)c(C(C)(C)C)c1)C2. The summed E-state index contributed by atoms with van der Waals surface area (Å²) in [6, 6.07) is 5.51. The van der Waals surface area contributed by atoms with E-state index < -0.39 is 0 Å². The second-order valence-electron chi connectivity index (χ2n) is 9.82. The minimum atomic E-state index is -0.385. The van der Waals surface area contributed by atoms with Crippen molar-refractivity contribution in [3.63, 3.8) is 0 Å². The lowest BCUT2D eigenvalue weighted by Crippen LogP contribution is -2.31. The van der Waals surface area contributed by atoms with Gasteiger partial charge in [0.15, 0.2) is 17.2 Å². The molecule has 0 saturated heterocycles. The fraction of sp³-hybridized carbons (Fsp3) is 0.481. The number of carbonyl (C=O) groups excluding carboxylic acids is 2. The number of hydrogen-bond donors (Lipinski definition) is 2. The molecule has 1 aliphatic rings. The van der Waals surface area contributed by atoms with Crippen LogP contribution in [0.2, 0.25) is 0 Å². The highest BCUT2D eigenvalue weighted by molar-refractivity contribution is 6.06. The van der Waals surface area contributed by atoms with Crippen molar-refractivity contribution in [1.82, 2.24) is 15.2 Å². The van der Waals surface area contributed by atoms with E-state index in [0.29, 0.717) is 30.2 Å². The topological polar surface area (TPSA) is 108 Å². The zero-order valence-corrected chi connectivity index (χ0v) is 22.5. The maximum Gasteiger partial charge on any atom is 0.273 e. The lowest BCUT2D eigenvalue weighted by molar-refractivity contribution is 0.0949. The first-order valence-corrected chi connectivity index (χ1v) is 12.2. The molecule has 0 radical (unpaired) electrons. The molecule has 3 rings (SSSR count). The molecule has 1 aromatic carbocycles. The average Bonchev–Trinajstić information content (AvgIpc) is 3.15. The van der Waals surface area contributed by atoms with Crippen LogP contribution in [0.15, 0.2) is 18.2 Å². The van der Waals surface area contributed by atoms with Gasteiger partial charge >= 0.3 is 0 Å². The summed E-state index contributed by atoms with van der Waals surface area (Å²) in [6.07, 6.45) is 0. The number of hydrogen-bond acceptors (Lipinski definition) is 7. The minimum Gasteiger partial charge on any atom is -0.494 e. The highest BCUT2D eigenvalue weighted by Crippen LogP contribution is 2.40. The van der Waals surface area contributed by atoms with Crippen molar-refractivity contribution < 1.29 is 19.1 Å². The number of fused-ring (bicyclic) bond motifs is 1. The summed E-state index contributed by atoms with van der Waals surface area (Å²) in [5.74, 6) is 0.752. The number of benzene rings is 1. The number of rotatable bonds is 9. The number of ketones is 1. The van der Waals surface area contributed by atoms with Crippen LogP contribution in [0, 0.1) is 5.41 Å². The summed E-state index contributed by atoms with van der Waals surface area (Å²) in [7, 11) is 5.14. The van der Waals surface area contributed by atoms with Gasteiger partial charge < -0.3 is 24.6 Å². The zero-order valence-electron chi connectivity index (χ0n) is 22.5. The van der Waals surface area contributed by atoms with E-state index in [1.54, 1.807) is 18.1 Å². The van der Waals surface area contributed by atoms with Crippen LogP contribution in [0.1, 0.15) is 72.3 Å². The average molecular weight is 496 g/mol. The largest absolute Gasteiger partial charge is 0.494 e. The predicted molar refractivity (Wildman–Crippen MR) is 141 cm³/mol. The summed E-state index contributed by atoms with van der Waals surface area (Å²) in [5.41, 5.74) is 3.40. The van der Waals surface area contributed by atoms with Crippen LogP contribution in [-0.2, 0) is 12.0 Å². The minimum absolute atomic E-state index is 0.0136. The summed E-state index contributed by atoms with van der Waals surface area (Å²) in [4.78, 5) is 34.0. The van der Waals surface area contributed by atoms with Gasteiger partial charge in [0, 0.05) is 43.9 Å². The quantitative estimate of drug-likeness (QED) is 0.512. The standard InChI is InChI=1S/C27H37N5O4/c1-9-31(7)19-12-16(11-18(24(19)35-8)27(3,4)5)20(33)15-32-14-17-13-21(36-10-2)23(26(34)29-6)30-22(17)25(32)28/h11-13,28H,9-10,14-15H2,1-8H3,(H,29,34). The normalized spacial score (nSPS) is 12.9. The number of anilines is 1. The zero-order chi connectivity index (χ0) is 26.8. The Bertz CT molecular complexity index is 1190. The van der Waals surface area contributed by atoms with Gasteiger partial charge in [-0.2, -0.15) is 0 Å². The Labute approximate surface area is 213 Å². The van der Waals surface area contributed by atoms with Gasteiger partial charge in [-0.15, -0.1) is 0 Å². The van der Waals surface area contributed by atoms with Crippen molar-refractivity contribution in [2.75, 3.05) is 45.8 Å². The number of carbonyl (C=O) groups is 2.